The van der Waals surface area contributed by atoms with Gasteiger partial charge in [-0.05, 0) is 12.1 Å². The van der Waals surface area contributed by atoms with Crippen LogP contribution in [0.5, 0.6) is 0 Å². The molecule has 0 atom stereocenters. The van der Waals surface area contributed by atoms with E-state index in [4.69, 9.17) is 4.42 Å². The Balaban J connectivity index is 2.45. The molecule has 0 aliphatic heterocycles. The summed E-state index contributed by atoms with van der Waals surface area (Å²) in [6.45, 7) is 0. The molecule has 2 N–H and O–H groups in total. The largest absolute Gasteiger partial charge is 0.463 e. The van der Waals surface area contributed by atoms with Gasteiger partial charge in [0.15, 0.2) is 11.4 Å². The van der Waals surface area contributed by atoms with Crippen LogP contribution in [0.2, 0.25) is 0 Å². The Labute approximate surface area is 95.7 Å². The summed E-state index contributed by atoms with van der Waals surface area (Å²) in [5.41, 5.74) is 1.40. The van der Waals surface area contributed by atoms with Crippen molar-refractivity contribution < 1.29 is 12.8 Å². The van der Waals surface area contributed by atoms with Gasteiger partial charge in [-0.15, -0.1) is 0 Å². The molecule has 17 heavy (non-hydrogen) atoms. The smallest absolute Gasteiger partial charge is 0.256 e. The van der Waals surface area contributed by atoms with Gasteiger partial charge in [0.05, 0.1) is 6.26 Å². The van der Waals surface area contributed by atoms with Gasteiger partial charge < -0.3 is 14.4 Å². The maximum absolute atomic E-state index is 10.8. The summed E-state index contributed by atoms with van der Waals surface area (Å²) in [5.74, 6) is 0.538. The maximum Gasteiger partial charge on any atom is 0.256 e. The summed E-state index contributed by atoms with van der Waals surface area (Å²) in [5, 5.41) is 0. The number of furan rings is 1. The summed E-state index contributed by atoms with van der Waals surface area (Å²) in [7, 11) is -2.38. The Kier molecular flexibility index (Phi) is 2.08. The van der Waals surface area contributed by atoms with E-state index in [0.717, 1.165) is 0 Å². The van der Waals surface area contributed by atoms with Crippen LogP contribution in [0.15, 0.2) is 29.1 Å². The highest BCUT2D eigenvalue weighted by Gasteiger charge is 2.10. The molecule has 0 aromatic carbocycles. The lowest BCUT2D eigenvalue weighted by atomic mass is 10.3. The molecule has 0 unspecified atom stereocenters. The highest BCUT2D eigenvalue weighted by molar-refractivity contribution is 7.63. The van der Waals surface area contributed by atoms with E-state index >= 15 is 0 Å². The van der Waals surface area contributed by atoms with E-state index in [-0.39, 0.29) is 4.77 Å². The van der Waals surface area contributed by atoms with Crippen LogP contribution in [-0.4, -0.2) is 28.4 Å². The lowest BCUT2D eigenvalue weighted by Gasteiger charge is -1.95. The van der Waals surface area contributed by atoms with E-state index in [2.05, 4.69) is 19.9 Å². The maximum atomic E-state index is 10.8. The topological polar surface area (TPSA) is 105 Å². The van der Waals surface area contributed by atoms with Gasteiger partial charge in [0.25, 0.3) is 10.3 Å². The number of aromatic nitrogens is 4. The van der Waals surface area contributed by atoms with Gasteiger partial charge in [-0.25, -0.2) is 9.97 Å². The average Bonchev–Trinajstić information content (AvgIpc) is 2.97. The molecule has 3 heterocycles. The van der Waals surface area contributed by atoms with E-state index < -0.39 is 10.3 Å². The van der Waals surface area contributed by atoms with Crippen LogP contribution in [0.25, 0.3) is 22.6 Å². The highest BCUT2D eigenvalue weighted by atomic mass is 32.2. The Morgan fingerprint density at radius 3 is 2.82 bits per heavy atom. The Morgan fingerprint density at radius 2 is 2.12 bits per heavy atom. The minimum Gasteiger partial charge on any atom is -0.463 e. The van der Waals surface area contributed by atoms with Gasteiger partial charge in [0, 0.05) is 0 Å². The standard InChI is InChI=1S/C9H6N4O3S/c14-17(15)9-12-7-6(5-2-1-3-16-5)10-4-11-8(7)13-9/h1-4,12H,(H,10,11,13). The molecule has 0 radical (unpaired) electrons. The van der Waals surface area contributed by atoms with Crippen LogP contribution in [0, 0.1) is 4.77 Å². The fourth-order valence-corrected chi connectivity index (χ4v) is 1.90. The molecule has 0 aliphatic carbocycles. The van der Waals surface area contributed by atoms with Crippen molar-refractivity contribution >= 4 is 21.5 Å². The molecular formula is C9H6N4O3S. The molecule has 0 saturated heterocycles. The molecule has 0 aliphatic rings. The predicted molar refractivity (Wildman–Crippen MR) is 58.1 cm³/mol. The minimum absolute atomic E-state index is 0.0479. The van der Waals surface area contributed by atoms with Crippen molar-refractivity contribution in [1.82, 2.24) is 19.9 Å². The highest BCUT2D eigenvalue weighted by Crippen LogP contribution is 2.22. The first kappa shape index (κ1) is 9.85. The van der Waals surface area contributed by atoms with Gasteiger partial charge in [0.2, 0.25) is 4.77 Å². The third-order valence-corrected chi connectivity index (χ3v) is 2.78. The first-order valence-corrected chi connectivity index (χ1v) is 5.72. The first-order valence-electron chi connectivity index (χ1n) is 4.65. The summed E-state index contributed by atoms with van der Waals surface area (Å²) >= 11 is 0. The molecule has 8 heteroatoms. The summed E-state index contributed by atoms with van der Waals surface area (Å²) < 4.78 is 26.8. The van der Waals surface area contributed by atoms with E-state index in [1.54, 1.807) is 12.1 Å². The lowest BCUT2D eigenvalue weighted by molar-refractivity contribution is 0.580. The van der Waals surface area contributed by atoms with Gasteiger partial charge in [-0.3, -0.25) is 0 Å². The summed E-state index contributed by atoms with van der Waals surface area (Å²) in [6, 6.07) is 3.46. The van der Waals surface area contributed by atoms with Crippen LogP contribution in [0.4, 0.5) is 0 Å². The molecular weight excluding hydrogens is 244 g/mol. The van der Waals surface area contributed by atoms with E-state index in [1.807, 2.05) is 0 Å². The minimum atomic E-state index is -2.38. The Morgan fingerprint density at radius 1 is 1.24 bits per heavy atom. The monoisotopic (exact) mass is 250 g/mol. The number of fused-ring (bicyclic) bond motifs is 1. The second-order valence-electron chi connectivity index (χ2n) is 3.24. The number of aromatic amines is 2. The first-order chi connectivity index (χ1) is 8.25. The van der Waals surface area contributed by atoms with Crippen LogP contribution < -0.4 is 0 Å². The number of rotatable bonds is 1. The van der Waals surface area contributed by atoms with Crippen molar-refractivity contribution in [3.8, 4) is 11.5 Å². The molecule has 3 aromatic rings. The molecule has 0 bridgehead atoms. The SMILES string of the molecule is O=S(=O)=c1[nH]c2ncnc(-c3ccco3)c2[nH]1. The normalized spacial score (nSPS) is 10.8. The average molecular weight is 250 g/mol. The third-order valence-electron chi connectivity index (χ3n) is 2.24. The van der Waals surface area contributed by atoms with Gasteiger partial charge in [0.1, 0.15) is 17.5 Å². The van der Waals surface area contributed by atoms with Crippen molar-refractivity contribution in [2.24, 2.45) is 0 Å². The number of imidazole rings is 1. The fourth-order valence-electron chi connectivity index (χ4n) is 1.53. The van der Waals surface area contributed by atoms with Crippen LogP contribution in [0.3, 0.4) is 0 Å². The second-order valence-corrected chi connectivity index (χ2v) is 4.11. The predicted octanol–water partition coefficient (Wildman–Crippen LogP) is 0.957. The number of hydrogen-bond acceptors (Lipinski definition) is 5. The molecule has 0 fully saturated rings. The van der Waals surface area contributed by atoms with E-state index in [0.29, 0.717) is 22.6 Å². The number of nitrogens with one attached hydrogen (secondary N) is 2. The second kappa shape index (κ2) is 3.59. The molecule has 0 amide bonds. The molecule has 86 valence electrons. The number of hydrogen-bond donors (Lipinski definition) is 2. The van der Waals surface area contributed by atoms with Crippen molar-refractivity contribution in [2.45, 2.75) is 0 Å². The number of H-pyrrole nitrogens is 2. The van der Waals surface area contributed by atoms with Crippen LogP contribution in [-0.2, 0) is 10.3 Å². The van der Waals surface area contributed by atoms with Crippen LogP contribution in [0.1, 0.15) is 0 Å². The Bertz CT molecular complexity index is 834. The molecule has 3 aromatic heterocycles. The van der Waals surface area contributed by atoms with Crippen molar-refractivity contribution in [3.63, 3.8) is 0 Å². The molecule has 0 spiro atoms. The van der Waals surface area contributed by atoms with Crippen molar-refractivity contribution in [2.75, 3.05) is 0 Å². The van der Waals surface area contributed by atoms with Crippen molar-refractivity contribution in [1.29, 1.82) is 0 Å². The molecule has 0 saturated carbocycles. The third kappa shape index (κ3) is 1.54. The zero-order chi connectivity index (χ0) is 11.8. The van der Waals surface area contributed by atoms with Gasteiger partial charge >= 0.3 is 0 Å². The Hall–Kier alpha value is -2.35. The number of nitrogens with zero attached hydrogens (tertiary/aromatic N) is 2. The molecule has 3 rings (SSSR count). The zero-order valence-electron chi connectivity index (χ0n) is 8.34. The van der Waals surface area contributed by atoms with E-state index in [1.165, 1.54) is 12.6 Å². The fraction of sp³-hybridized carbons (Fsp3) is 0. The van der Waals surface area contributed by atoms with Gasteiger partial charge in [-0.1, -0.05) is 0 Å². The quantitative estimate of drug-likeness (QED) is 0.626. The summed E-state index contributed by atoms with van der Waals surface area (Å²) in [6.07, 6.45) is 2.85. The molecule has 7 nitrogen and oxygen atoms in total. The van der Waals surface area contributed by atoms with Crippen molar-refractivity contribution in [3.05, 3.63) is 29.5 Å². The van der Waals surface area contributed by atoms with E-state index in [9.17, 15) is 8.42 Å². The van der Waals surface area contributed by atoms with Gasteiger partial charge in [-0.2, -0.15) is 8.42 Å². The zero-order valence-corrected chi connectivity index (χ0v) is 9.15. The summed E-state index contributed by atoms with van der Waals surface area (Å²) in [4.78, 5) is 13.3. The van der Waals surface area contributed by atoms with Crippen LogP contribution >= 0.6 is 0 Å². The lowest BCUT2D eigenvalue weighted by Crippen LogP contribution is -1.86.